The first-order chi connectivity index (χ1) is 10.8. The lowest BCUT2D eigenvalue weighted by molar-refractivity contribution is -0.0428. The second-order valence-corrected chi connectivity index (χ2v) is 7.30. The smallest absolute Gasteiger partial charge is 0.0936 e. The Morgan fingerprint density at radius 2 is 1.59 bits per heavy atom. The van der Waals surface area contributed by atoms with E-state index in [9.17, 15) is 5.11 Å². The van der Waals surface area contributed by atoms with Crippen molar-refractivity contribution < 1.29 is 5.11 Å². The summed E-state index contributed by atoms with van der Waals surface area (Å²) in [5, 5.41) is 11.6. The molecule has 1 aromatic rings. The topological polar surface area (TPSA) is 23.5 Å². The molecule has 2 atom stereocenters. The van der Waals surface area contributed by atoms with Crippen LogP contribution < -0.4 is 0 Å². The third-order valence-corrected chi connectivity index (χ3v) is 5.74. The third kappa shape index (κ3) is 3.72. The molecule has 1 saturated heterocycles. The first-order valence-corrected chi connectivity index (χ1v) is 9.29. The van der Waals surface area contributed by atoms with Crippen molar-refractivity contribution in [1.82, 2.24) is 4.90 Å². The number of likely N-dealkylation sites (tertiary alicyclic amines) is 1. The highest BCUT2D eigenvalue weighted by molar-refractivity contribution is 5.23. The molecule has 1 saturated carbocycles. The molecule has 22 heavy (non-hydrogen) atoms. The van der Waals surface area contributed by atoms with E-state index in [0.29, 0.717) is 5.92 Å². The van der Waals surface area contributed by atoms with E-state index in [1.807, 2.05) is 6.07 Å². The van der Waals surface area contributed by atoms with Crippen LogP contribution in [0.5, 0.6) is 0 Å². The van der Waals surface area contributed by atoms with Crippen molar-refractivity contribution in [2.45, 2.75) is 63.4 Å². The van der Waals surface area contributed by atoms with Crippen molar-refractivity contribution in [2.24, 2.45) is 5.92 Å². The van der Waals surface area contributed by atoms with Gasteiger partial charge in [-0.25, -0.2) is 0 Å². The fourth-order valence-corrected chi connectivity index (χ4v) is 4.38. The number of hydrogen-bond acceptors (Lipinski definition) is 2. The second-order valence-electron chi connectivity index (χ2n) is 7.30. The monoisotopic (exact) mass is 301 g/mol. The number of nitrogens with zero attached hydrogens (tertiary/aromatic N) is 1. The molecular weight excluding hydrogens is 270 g/mol. The third-order valence-electron chi connectivity index (χ3n) is 5.74. The minimum absolute atomic E-state index is 0.385. The lowest BCUT2D eigenvalue weighted by Gasteiger charge is -2.38. The molecule has 2 unspecified atom stereocenters. The Kier molecular flexibility index (Phi) is 5.54. The van der Waals surface area contributed by atoms with Crippen molar-refractivity contribution in [3.63, 3.8) is 0 Å². The maximum atomic E-state index is 11.6. The number of rotatable bonds is 3. The maximum Gasteiger partial charge on any atom is 0.0936 e. The predicted molar refractivity (Wildman–Crippen MR) is 91.8 cm³/mol. The molecule has 0 spiro atoms. The fraction of sp³-hybridized carbons (Fsp3) is 0.700. The molecule has 3 rings (SSSR count). The first-order valence-electron chi connectivity index (χ1n) is 9.29. The number of benzene rings is 1. The highest BCUT2D eigenvalue weighted by atomic mass is 16.3. The Hall–Kier alpha value is -0.860. The van der Waals surface area contributed by atoms with Crippen LogP contribution in [0.1, 0.15) is 63.4 Å². The van der Waals surface area contributed by atoms with Crippen LogP contribution in [0.25, 0.3) is 0 Å². The molecule has 1 aliphatic heterocycles. The van der Waals surface area contributed by atoms with E-state index in [1.54, 1.807) is 0 Å². The SMILES string of the molecule is OC1(c2ccccc2)CCCCCC1CN1CCCCCC1. The van der Waals surface area contributed by atoms with Gasteiger partial charge in [-0.2, -0.15) is 0 Å². The minimum atomic E-state index is -0.621. The van der Waals surface area contributed by atoms with Gasteiger partial charge in [0.1, 0.15) is 0 Å². The van der Waals surface area contributed by atoms with Crippen LogP contribution in [-0.4, -0.2) is 29.6 Å². The Labute approximate surface area is 135 Å². The number of hydrogen-bond donors (Lipinski definition) is 1. The zero-order valence-electron chi connectivity index (χ0n) is 13.8. The van der Waals surface area contributed by atoms with Gasteiger partial charge in [0.25, 0.3) is 0 Å². The molecular formula is C20H31NO. The molecule has 1 aliphatic carbocycles. The van der Waals surface area contributed by atoms with Crippen LogP contribution in [0.2, 0.25) is 0 Å². The lowest BCUT2D eigenvalue weighted by atomic mass is 9.77. The van der Waals surface area contributed by atoms with Gasteiger partial charge in [0.15, 0.2) is 0 Å². The van der Waals surface area contributed by atoms with E-state index in [0.717, 1.165) is 24.9 Å². The molecule has 2 heteroatoms. The highest BCUT2D eigenvalue weighted by Crippen LogP contribution is 2.41. The van der Waals surface area contributed by atoms with Crippen molar-refractivity contribution in [3.8, 4) is 0 Å². The molecule has 2 fully saturated rings. The molecule has 1 heterocycles. The van der Waals surface area contributed by atoms with Crippen LogP contribution in [0.15, 0.2) is 30.3 Å². The molecule has 2 nitrogen and oxygen atoms in total. The predicted octanol–water partition coefficient (Wildman–Crippen LogP) is 4.33. The summed E-state index contributed by atoms with van der Waals surface area (Å²) in [6.07, 6.45) is 11.2. The normalized spacial score (nSPS) is 31.4. The van der Waals surface area contributed by atoms with Gasteiger partial charge in [-0.05, 0) is 44.3 Å². The summed E-state index contributed by atoms with van der Waals surface area (Å²) in [5.41, 5.74) is 0.515. The fourth-order valence-electron chi connectivity index (χ4n) is 4.38. The Morgan fingerprint density at radius 1 is 0.909 bits per heavy atom. The Balaban J connectivity index is 1.78. The van der Waals surface area contributed by atoms with E-state index in [1.165, 1.54) is 58.0 Å². The molecule has 1 N–H and O–H groups in total. The zero-order chi connectivity index (χ0) is 15.3. The van der Waals surface area contributed by atoms with Crippen LogP contribution in [0, 0.1) is 5.92 Å². The van der Waals surface area contributed by atoms with E-state index in [4.69, 9.17) is 0 Å². The van der Waals surface area contributed by atoms with Crippen molar-refractivity contribution >= 4 is 0 Å². The van der Waals surface area contributed by atoms with Gasteiger partial charge < -0.3 is 10.0 Å². The molecule has 2 aliphatic rings. The summed E-state index contributed by atoms with van der Waals surface area (Å²) in [7, 11) is 0. The van der Waals surface area contributed by atoms with E-state index < -0.39 is 5.60 Å². The maximum absolute atomic E-state index is 11.6. The second kappa shape index (κ2) is 7.61. The van der Waals surface area contributed by atoms with E-state index in [-0.39, 0.29) is 0 Å². The van der Waals surface area contributed by atoms with Crippen LogP contribution in [0.3, 0.4) is 0 Å². The van der Waals surface area contributed by atoms with Gasteiger partial charge >= 0.3 is 0 Å². The summed E-state index contributed by atoms with van der Waals surface area (Å²) in [6.45, 7) is 3.52. The molecule has 0 radical (unpaired) electrons. The van der Waals surface area contributed by atoms with Gasteiger partial charge in [0, 0.05) is 12.5 Å². The van der Waals surface area contributed by atoms with Gasteiger partial charge in [0.2, 0.25) is 0 Å². The van der Waals surface area contributed by atoms with Crippen molar-refractivity contribution in [1.29, 1.82) is 0 Å². The average molecular weight is 301 g/mol. The summed E-state index contributed by atoms with van der Waals surface area (Å²) < 4.78 is 0. The summed E-state index contributed by atoms with van der Waals surface area (Å²) in [5.74, 6) is 0.385. The first kappa shape index (κ1) is 16.0. The van der Waals surface area contributed by atoms with Crippen LogP contribution in [-0.2, 0) is 5.60 Å². The molecule has 0 bridgehead atoms. The standard InChI is InChI=1S/C20H31NO/c22-20(18-11-5-3-6-12-18)14-8-4-7-13-19(20)17-21-15-9-1-2-10-16-21/h3,5-6,11-12,19,22H,1-2,4,7-10,13-17H2. The summed E-state index contributed by atoms with van der Waals surface area (Å²) >= 11 is 0. The van der Waals surface area contributed by atoms with E-state index >= 15 is 0 Å². The lowest BCUT2D eigenvalue weighted by Crippen LogP contribution is -2.42. The summed E-state index contributed by atoms with van der Waals surface area (Å²) in [4.78, 5) is 2.62. The Bertz CT molecular complexity index is 438. The summed E-state index contributed by atoms with van der Waals surface area (Å²) in [6, 6.07) is 10.4. The van der Waals surface area contributed by atoms with Crippen LogP contribution in [0.4, 0.5) is 0 Å². The van der Waals surface area contributed by atoms with Crippen LogP contribution >= 0.6 is 0 Å². The number of aliphatic hydroxyl groups is 1. The van der Waals surface area contributed by atoms with Crippen molar-refractivity contribution in [3.05, 3.63) is 35.9 Å². The quantitative estimate of drug-likeness (QED) is 0.840. The molecule has 0 aromatic heterocycles. The van der Waals surface area contributed by atoms with E-state index in [2.05, 4.69) is 29.2 Å². The zero-order valence-corrected chi connectivity index (χ0v) is 13.8. The Morgan fingerprint density at radius 3 is 2.32 bits per heavy atom. The minimum Gasteiger partial charge on any atom is -0.385 e. The average Bonchev–Trinajstić information content (AvgIpc) is 2.91. The van der Waals surface area contributed by atoms with Gasteiger partial charge in [0.05, 0.1) is 5.60 Å². The molecule has 1 aromatic carbocycles. The largest absolute Gasteiger partial charge is 0.385 e. The van der Waals surface area contributed by atoms with Crippen molar-refractivity contribution in [2.75, 3.05) is 19.6 Å². The molecule has 122 valence electrons. The highest BCUT2D eigenvalue weighted by Gasteiger charge is 2.39. The van der Waals surface area contributed by atoms with Gasteiger partial charge in [-0.15, -0.1) is 0 Å². The van der Waals surface area contributed by atoms with Gasteiger partial charge in [-0.1, -0.05) is 62.4 Å². The molecule has 0 amide bonds. The van der Waals surface area contributed by atoms with Gasteiger partial charge in [-0.3, -0.25) is 0 Å².